The fourth-order valence-corrected chi connectivity index (χ4v) is 3.90. The number of aromatic hydroxyl groups is 2. The molecule has 0 saturated carbocycles. The average Bonchev–Trinajstić information content (AvgIpc) is 2.50. The maximum Gasteiger partial charge on any atom is 0.201 e. The third kappa shape index (κ3) is 2.11. The van der Waals surface area contributed by atoms with Crippen LogP contribution >= 0.6 is 0 Å². The molecular weight excluding hydrogens is 324 g/mol. The lowest BCUT2D eigenvalue weighted by molar-refractivity contribution is -0.00831. The number of aliphatic hydroxyl groups excluding tert-OH is 1. The third-order valence-corrected chi connectivity index (χ3v) is 4.95. The van der Waals surface area contributed by atoms with E-state index in [9.17, 15) is 30.0 Å². The normalized spacial score (nSPS) is 24.5. The standard InChI is InChI=1S/C19H16O6/c1-19(25)6-8-5-10-15(17(23)13(8)12(21)7-19)18(24)14-9(16(10)22)3-2-4-11(14)20/h2-5,12,20-21,23,25H,6-7H2,1H3/t12-,19+/m0/s1. The number of hydrogen-bond acceptors (Lipinski definition) is 6. The molecule has 2 atom stereocenters. The maximum atomic E-state index is 12.8. The second-order valence-electron chi connectivity index (χ2n) is 6.97. The summed E-state index contributed by atoms with van der Waals surface area (Å²) in [6, 6.07) is 5.67. The largest absolute Gasteiger partial charge is 0.507 e. The van der Waals surface area contributed by atoms with Crippen molar-refractivity contribution < 1.29 is 30.0 Å². The minimum absolute atomic E-state index is 0.0102. The van der Waals surface area contributed by atoms with Crippen LogP contribution in [0.3, 0.4) is 0 Å². The van der Waals surface area contributed by atoms with E-state index in [1.807, 2.05) is 0 Å². The van der Waals surface area contributed by atoms with Gasteiger partial charge < -0.3 is 20.4 Å². The van der Waals surface area contributed by atoms with Crippen LogP contribution in [0.15, 0.2) is 24.3 Å². The summed E-state index contributed by atoms with van der Waals surface area (Å²) < 4.78 is 0. The van der Waals surface area contributed by atoms with E-state index in [4.69, 9.17) is 0 Å². The van der Waals surface area contributed by atoms with E-state index in [2.05, 4.69) is 0 Å². The van der Waals surface area contributed by atoms with Gasteiger partial charge in [-0.05, 0) is 24.6 Å². The zero-order valence-corrected chi connectivity index (χ0v) is 13.4. The van der Waals surface area contributed by atoms with Crippen LogP contribution in [0.5, 0.6) is 11.5 Å². The summed E-state index contributed by atoms with van der Waals surface area (Å²) in [5.41, 5.74) is -0.851. The van der Waals surface area contributed by atoms with Gasteiger partial charge in [0.05, 0.1) is 22.8 Å². The van der Waals surface area contributed by atoms with Crippen LogP contribution < -0.4 is 0 Å². The molecule has 0 spiro atoms. The lowest BCUT2D eigenvalue weighted by Gasteiger charge is -2.35. The van der Waals surface area contributed by atoms with Crippen molar-refractivity contribution in [2.75, 3.05) is 0 Å². The molecular formula is C19H16O6. The Balaban J connectivity index is 2.01. The van der Waals surface area contributed by atoms with E-state index in [0.717, 1.165) is 0 Å². The van der Waals surface area contributed by atoms with Crippen molar-refractivity contribution in [3.8, 4) is 11.5 Å². The van der Waals surface area contributed by atoms with Crippen LogP contribution in [-0.2, 0) is 6.42 Å². The van der Waals surface area contributed by atoms with Crippen molar-refractivity contribution >= 4 is 11.6 Å². The second kappa shape index (κ2) is 4.91. The third-order valence-electron chi connectivity index (χ3n) is 4.95. The molecule has 0 saturated heterocycles. The van der Waals surface area contributed by atoms with E-state index in [-0.39, 0.29) is 46.4 Å². The Labute approximate surface area is 143 Å². The fourth-order valence-electron chi connectivity index (χ4n) is 3.90. The van der Waals surface area contributed by atoms with Crippen LogP contribution in [0.2, 0.25) is 0 Å². The highest BCUT2D eigenvalue weighted by atomic mass is 16.3. The van der Waals surface area contributed by atoms with Gasteiger partial charge in [0.2, 0.25) is 5.78 Å². The number of rotatable bonds is 0. The summed E-state index contributed by atoms with van der Waals surface area (Å²) in [5.74, 6) is -1.93. The predicted molar refractivity (Wildman–Crippen MR) is 87.0 cm³/mol. The highest BCUT2D eigenvalue weighted by Crippen LogP contribution is 2.46. The van der Waals surface area contributed by atoms with Crippen molar-refractivity contribution in [3.63, 3.8) is 0 Å². The Hall–Kier alpha value is -2.70. The Morgan fingerprint density at radius 1 is 1.08 bits per heavy atom. The highest BCUT2D eigenvalue weighted by Gasteiger charge is 2.41. The van der Waals surface area contributed by atoms with Gasteiger partial charge in [0.25, 0.3) is 0 Å². The summed E-state index contributed by atoms with van der Waals surface area (Å²) in [7, 11) is 0. The zero-order valence-electron chi connectivity index (χ0n) is 13.4. The van der Waals surface area contributed by atoms with E-state index < -0.39 is 29.0 Å². The van der Waals surface area contributed by atoms with Crippen molar-refractivity contribution in [1.82, 2.24) is 0 Å². The maximum absolute atomic E-state index is 12.8. The van der Waals surface area contributed by atoms with Crippen molar-refractivity contribution in [2.24, 2.45) is 0 Å². The number of carbonyl (C=O) groups is 2. The number of hydrogen-bond donors (Lipinski definition) is 4. The van der Waals surface area contributed by atoms with Gasteiger partial charge in [-0.1, -0.05) is 12.1 Å². The first-order valence-electron chi connectivity index (χ1n) is 7.92. The van der Waals surface area contributed by atoms with E-state index in [1.54, 1.807) is 6.92 Å². The molecule has 6 nitrogen and oxygen atoms in total. The summed E-state index contributed by atoms with van der Waals surface area (Å²) in [5, 5.41) is 41.2. The van der Waals surface area contributed by atoms with Crippen molar-refractivity contribution in [1.29, 1.82) is 0 Å². The highest BCUT2D eigenvalue weighted by molar-refractivity contribution is 6.30. The lowest BCUT2D eigenvalue weighted by atomic mass is 9.74. The van der Waals surface area contributed by atoms with Crippen molar-refractivity contribution in [3.05, 3.63) is 57.6 Å². The molecule has 0 unspecified atom stereocenters. The van der Waals surface area contributed by atoms with Gasteiger partial charge in [-0.15, -0.1) is 0 Å². The van der Waals surface area contributed by atoms with E-state index in [1.165, 1.54) is 24.3 Å². The topological polar surface area (TPSA) is 115 Å². The van der Waals surface area contributed by atoms with Crippen LogP contribution in [0, 0.1) is 0 Å². The smallest absolute Gasteiger partial charge is 0.201 e. The van der Waals surface area contributed by atoms with Gasteiger partial charge in [-0.2, -0.15) is 0 Å². The molecule has 0 amide bonds. The molecule has 6 heteroatoms. The monoisotopic (exact) mass is 340 g/mol. The number of fused-ring (bicyclic) bond motifs is 3. The molecule has 2 aromatic rings. The van der Waals surface area contributed by atoms with E-state index in [0.29, 0.717) is 5.56 Å². The minimum atomic E-state index is -1.18. The van der Waals surface area contributed by atoms with Crippen molar-refractivity contribution in [2.45, 2.75) is 31.5 Å². The second-order valence-corrected chi connectivity index (χ2v) is 6.97. The molecule has 4 rings (SSSR count). The molecule has 0 aliphatic heterocycles. The molecule has 0 radical (unpaired) electrons. The Morgan fingerprint density at radius 3 is 2.52 bits per heavy atom. The van der Waals surface area contributed by atoms with Gasteiger partial charge in [-0.3, -0.25) is 9.59 Å². The fraction of sp³-hybridized carbons (Fsp3) is 0.263. The number of benzene rings is 2. The quantitative estimate of drug-likeness (QED) is 0.494. The Morgan fingerprint density at radius 2 is 1.80 bits per heavy atom. The summed E-state index contributed by atoms with van der Waals surface area (Å²) >= 11 is 0. The molecule has 2 aromatic carbocycles. The van der Waals surface area contributed by atoms with Crippen LogP contribution in [0.4, 0.5) is 0 Å². The number of phenolic OH excluding ortho intramolecular Hbond substituents is 2. The Bertz CT molecular complexity index is 957. The van der Waals surface area contributed by atoms with Crippen LogP contribution in [0.1, 0.15) is 62.4 Å². The molecule has 2 aliphatic rings. The summed E-state index contributed by atoms with van der Waals surface area (Å²) in [6.07, 6.45) is -0.997. The summed E-state index contributed by atoms with van der Waals surface area (Å²) in [4.78, 5) is 25.6. The Kier molecular flexibility index (Phi) is 3.10. The number of phenols is 2. The first-order chi connectivity index (χ1) is 11.7. The molecule has 0 aromatic heterocycles. The number of ketones is 2. The van der Waals surface area contributed by atoms with Crippen LogP contribution in [0.25, 0.3) is 0 Å². The molecule has 0 bridgehead atoms. The SMILES string of the molecule is C[C@@]1(O)Cc2cc3c(c(O)c2[C@@H](O)C1)C(=O)c1c(O)cccc1C3=O. The van der Waals surface area contributed by atoms with Gasteiger partial charge in [0.1, 0.15) is 11.5 Å². The molecule has 0 heterocycles. The average molecular weight is 340 g/mol. The van der Waals surface area contributed by atoms with Gasteiger partial charge in [-0.25, -0.2) is 0 Å². The molecule has 0 fully saturated rings. The molecule has 128 valence electrons. The molecule has 2 aliphatic carbocycles. The minimum Gasteiger partial charge on any atom is -0.507 e. The number of aliphatic hydroxyl groups is 2. The first-order valence-corrected chi connectivity index (χ1v) is 7.92. The summed E-state index contributed by atoms with van der Waals surface area (Å²) in [6.45, 7) is 1.57. The van der Waals surface area contributed by atoms with Gasteiger partial charge in [0, 0.05) is 29.5 Å². The molecule has 4 N–H and O–H groups in total. The van der Waals surface area contributed by atoms with E-state index >= 15 is 0 Å². The predicted octanol–water partition coefficient (Wildman–Crippen LogP) is 1.60. The first kappa shape index (κ1) is 15.8. The zero-order chi connectivity index (χ0) is 18.1. The van der Waals surface area contributed by atoms with Gasteiger partial charge in [0.15, 0.2) is 5.78 Å². The van der Waals surface area contributed by atoms with Gasteiger partial charge >= 0.3 is 0 Å². The lowest BCUT2D eigenvalue weighted by Crippen LogP contribution is -2.35. The van der Waals surface area contributed by atoms with Crippen LogP contribution in [-0.4, -0.2) is 37.6 Å². The number of carbonyl (C=O) groups excluding carboxylic acids is 2. The molecule has 25 heavy (non-hydrogen) atoms.